The molecule has 1 aromatic carbocycles. The molecule has 0 aliphatic carbocycles. The molecule has 0 aliphatic heterocycles. The molecule has 0 unspecified atom stereocenters. The quantitative estimate of drug-likeness (QED) is 0.549. The van der Waals surface area contributed by atoms with Crippen molar-refractivity contribution in [3.63, 3.8) is 0 Å². The highest BCUT2D eigenvalue weighted by Crippen LogP contribution is 2.22. The Morgan fingerprint density at radius 2 is 2.13 bits per heavy atom. The minimum Gasteiger partial charge on any atom is -0.464 e. The fourth-order valence-electron chi connectivity index (χ4n) is 1.37. The van der Waals surface area contributed by atoms with Crippen LogP contribution in [-0.4, -0.2) is 18.1 Å². The first-order valence-electron chi connectivity index (χ1n) is 4.36. The third-order valence-electron chi connectivity index (χ3n) is 2.09. The van der Waals surface area contributed by atoms with Crippen molar-refractivity contribution in [1.82, 2.24) is 4.98 Å². The van der Waals surface area contributed by atoms with Gasteiger partial charge in [-0.05, 0) is 11.5 Å². The number of esters is 1. The molecule has 0 spiro atoms. The molecule has 1 heterocycles. The summed E-state index contributed by atoms with van der Waals surface area (Å²) in [6.45, 7) is 0. The van der Waals surface area contributed by atoms with Crippen molar-refractivity contribution < 1.29 is 9.53 Å². The highest BCUT2D eigenvalue weighted by Gasteiger charge is 2.10. The predicted octanol–water partition coefficient (Wildman–Crippen LogP) is 2.67. The lowest BCUT2D eigenvalue weighted by Crippen LogP contribution is -2.04. The van der Waals surface area contributed by atoms with Gasteiger partial charge in [0.2, 0.25) is 0 Å². The van der Waals surface area contributed by atoms with Crippen molar-refractivity contribution in [2.24, 2.45) is 0 Å². The minimum atomic E-state index is -0.484. The number of carbonyl (C=O) groups is 1. The summed E-state index contributed by atoms with van der Waals surface area (Å²) in [6, 6.07) is 9.13. The van der Waals surface area contributed by atoms with Crippen molar-refractivity contribution in [3.8, 4) is 0 Å². The summed E-state index contributed by atoms with van der Waals surface area (Å²) >= 11 is 5.94. The lowest BCUT2D eigenvalue weighted by Gasteiger charge is -2.03. The maximum Gasteiger partial charge on any atom is 0.356 e. The van der Waals surface area contributed by atoms with Gasteiger partial charge in [-0.15, -0.1) is 0 Å². The van der Waals surface area contributed by atoms with Crippen LogP contribution in [0.4, 0.5) is 0 Å². The van der Waals surface area contributed by atoms with Crippen molar-refractivity contribution >= 4 is 28.3 Å². The van der Waals surface area contributed by atoms with Gasteiger partial charge >= 0.3 is 5.97 Å². The molecular formula is C11H8ClNO2. The molecule has 0 aliphatic rings. The van der Waals surface area contributed by atoms with E-state index in [2.05, 4.69) is 9.72 Å². The lowest BCUT2D eigenvalue weighted by molar-refractivity contribution is 0.0594. The number of pyridine rings is 1. The molecule has 1 aromatic heterocycles. The Morgan fingerprint density at radius 3 is 2.87 bits per heavy atom. The van der Waals surface area contributed by atoms with E-state index in [1.165, 1.54) is 7.11 Å². The number of ether oxygens (including phenoxy) is 1. The zero-order valence-corrected chi connectivity index (χ0v) is 8.78. The van der Waals surface area contributed by atoms with Crippen LogP contribution in [0, 0.1) is 0 Å². The van der Waals surface area contributed by atoms with Crippen LogP contribution in [0.2, 0.25) is 5.15 Å². The number of fused-ring (bicyclic) bond motifs is 1. The molecule has 0 atom stereocenters. The smallest absolute Gasteiger partial charge is 0.356 e. The largest absolute Gasteiger partial charge is 0.464 e. The molecule has 0 fully saturated rings. The highest BCUT2D eigenvalue weighted by atomic mass is 35.5. The van der Waals surface area contributed by atoms with Crippen LogP contribution >= 0.6 is 11.6 Å². The molecule has 15 heavy (non-hydrogen) atoms. The van der Waals surface area contributed by atoms with Crippen LogP contribution in [-0.2, 0) is 4.74 Å². The second-order valence-electron chi connectivity index (χ2n) is 3.01. The van der Waals surface area contributed by atoms with Gasteiger partial charge in [0.1, 0.15) is 5.15 Å². The van der Waals surface area contributed by atoms with E-state index >= 15 is 0 Å². The molecule has 0 N–H and O–H groups in total. The van der Waals surface area contributed by atoms with E-state index in [0.29, 0.717) is 5.15 Å². The third-order valence-corrected chi connectivity index (χ3v) is 2.38. The maximum atomic E-state index is 11.3. The number of methoxy groups -OCH3 is 1. The highest BCUT2D eigenvalue weighted by molar-refractivity contribution is 6.34. The molecule has 0 amide bonds. The minimum absolute atomic E-state index is 0.223. The van der Waals surface area contributed by atoms with Crippen molar-refractivity contribution in [3.05, 3.63) is 41.2 Å². The Morgan fingerprint density at radius 1 is 1.40 bits per heavy atom. The van der Waals surface area contributed by atoms with Crippen molar-refractivity contribution in [2.45, 2.75) is 0 Å². The van der Waals surface area contributed by atoms with Gasteiger partial charge in [-0.2, -0.15) is 0 Å². The second-order valence-corrected chi connectivity index (χ2v) is 3.37. The zero-order chi connectivity index (χ0) is 10.8. The number of hydrogen-bond acceptors (Lipinski definition) is 3. The van der Waals surface area contributed by atoms with Gasteiger partial charge in [-0.3, -0.25) is 0 Å². The van der Waals surface area contributed by atoms with Gasteiger partial charge in [-0.1, -0.05) is 35.9 Å². The Labute approximate surface area is 91.6 Å². The predicted molar refractivity (Wildman–Crippen MR) is 58.1 cm³/mol. The van der Waals surface area contributed by atoms with E-state index in [4.69, 9.17) is 11.6 Å². The molecule has 2 rings (SSSR count). The number of aromatic nitrogens is 1. The molecule has 0 saturated carbocycles. The maximum absolute atomic E-state index is 11.3. The summed E-state index contributed by atoms with van der Waals surface area (Å²) < 4.78 is 4.58. The standard InChI is InChI=1S/C11H8ClNO2/c1-15-11(14)9-6-7-4-2-3-5-8(7)10(12)13-9/h2-6H,1H3. The SMILES string of the molecule is COC(=O)c1cc2ccccc2c(Cl)n1. The number of nitrogens with zero attached hydrogens (tertiary/aromatic N) is 1. The number of rotatable bonds is 1. The monoisotopic (exact) mass is 221 g/mol. The van der Waals surface area contributed by atoms with Crippen LogP contribution < -0.4 is 0 Å². The van der Waals surface area contributed by atoms with Gasteiger partial charge in [0, 0.05) is 5.39 Å². The fraction of sp³-hybridized carbons (Fsp3) is 0.0909. The lowest BCUT2D eigenvalue weighted by atomic mass is 10.1. The number of halogens is 1. The van der Waals surface area contributed by atoms with E-state index in [-0.39, 0.29) is 5.69 Å². The molecule has 3 nitrogen and oxygen atoms in total. The van der Waals surface area contributed by atoms with Gasteiger partial charge in [0.15, 0.2) is 5.69 Å². The van der Waals surface area contributed by atoms with Crippen LogP contribution in [0.5, 0.6) is 0 Å². The summed E-state index contributed by atoms with van der Waals surface area (Å²) in [5, 5.41) is 2.01. The molecule has 76 valence electrons. The average Bonchev–Trinajstić information content (AvgIpc) is 2.28. The average molecular weight is 222 g/mol. The molecule has 0 bridgehead atoms. The number of benzene rings is 1. The number of hydrogen-bond donors (Lipinski definition) is 0. The summed E-state index contributed by atoms with van der Waals surface area (Å²) in [5.74, 6) is -0.484. The second kappa shape index (κ2) is 3.87. The summed E-state index contributed by atoms with van der Waals surface area (Å²) in [6.07, 6.45) is 0. The summed E-state index contributed by atoms with van der Waals surface area (Å²) in [7, 11) is 1.31. The molecule has 0 saturated heterocycles. The molecule has 4 heteroatoms. The first-order chi connectivity index (χ1) is 7.22. The normalized spacial score (nSPS) is 10.3. The Balaban J connectivity index is 2.67. The summed E-state index contributed by atoms with van der Waals surface area (Å²) in [4.78, 5) is 15.2. The molecule has 2 aromatic rings. The topological polar surface area (TPSA) is 39.2 Å². The van der Waals surface area contributed by atoms with Crippen molar-refractivity contribution in [2.75, 3.05) is 7.11 Å². The van der Waals surface area contributed by atoms with Gasteiger partial charge in [0.25, 0.3) is 0 Å². The Bertz CT molecular complexity index is 525. The Kier molecular flexibility index (Phi) is 2.56. The Hall–Kier alpha value is -1.61. The van der Waals surface area contributed by atoms with Gasteiger partial charge < -0.3 is 4.74 Å². The fourth-order valence-corrected chi connectivity index (χ4v) is 1.63. The van der Waals surface area contributed by atoms with Crippen molar-refractivity contribution in [1.29, 1.82) is 0 Å². The van der Waals surface area contributed by atoms with E-state index < -0.39 is 5.97 Å². The van der Waals surface area contributed by atoms with Gasteiger partial charge in [-0.25, -0.2) is 9.78 Å². The van der Waals surface area contributed by atoms with E-state index in [1.807, 2.05) is 24.3 Å². The number of carbonyl (C=O) groups excluding carboxylic acids is 1. The first kappa shape index (κ1) is 9.93. The zero-order valence-electron chi connectivity index (χ0n) is 8.03. The summed E-state index contributed by atoms with van der Waals surface area (Å²) in [5.41, 5.74) is 0.223. The van der Waals surface area contributed by atoms with Crippen LogP contribution in [0.3, 0.4) is 0 Å². The van der Waals surface area contributed by atoms with Gasteiger partial charge in [0.05, 0.1) is 7.11 Å². The van der Waals surface area contributed by atoms with E-state index in [9.17, 15) is 4.79 Å². The molecular weight excluding hydrogens is 214 g/mol. The first-order valence-corrected chi connectivity index (χ1v) is 4.74. The van der Waals surface area contributed by atoms with Crippen LogP contribution in [0.25, 0.3) is 10.8 Å². The third kappa shape index (κ3) is 1.78. The molecule has 0 radical (unpaired) electrons. The van der Waals surface area contributed by atoms with Crippen LogP contribution in [0.15, 0.2) is 30.3 Å². The van der Waals surface area contributed by atoms with E-state index in [1.54, 1.807) is 6.07 Å². The van der Waals surface area contributed by atoms with Crippen LogP contribution in [0.1, 0.15) is 10.5 Å². The van der Waals surface area contributed by atoms with E-state index in [0.717, 1.165) is 10.8 Å².